The van der Waals surface area contributed by atoms with Gasteiger partial charge < -0.3 is 0 Å². The van der Waals surface area contributed by atoms with Crippen molar-refractivity contribution in [3.63, 3.8) is 0 Å². The van der Waals surface area contributed by atoms with Gasteiger partial charge in [0.1, 0.15) is 0 Å². The van der Waals surface area contributed by atoms with Gasteiger partial charge in [0.25, 0.3) is 10.0 Å². The summed E-state index contributed by atoms with van der Waals surface area (Å²) >= 11 is 0.573. The van der Waals surface area contributed by atoms with Gasteiger partial charge in [-0.05, 0) is 0 Å². The fourth-order valence-electron chi connectivity index (χ4n) is 1.10. The molecule has 1 aromatic heterocycles. The van der Waals surface area contributed by atoms with Crippen molar-refractivity contribution >= 4 is 37.1 Å². The molecule has 0 spiro atoms. The third-order valence-electron chi connectivity index (χ3n) is 1.77. The summed E-state index contributed by atoms with van der Waals surface area (Å²) in [5.74, 6) is 0. The average molecular weight is 315 g/mol. The van der Waals surface area contributed by atoms with Gasteiger partial charge in [-0.25, -0.2) is 26.7 Å². The summed E-state index contributed by atoms with van der Waals surface area (Å²) in [6.07, 6.45) is 0.881. The van der Waals surface area contributed by atoms with Crippen molar-refractivity contribution in [3.8, 4) is 0 Å². The lowest BCUT2D eigenvalue weighted by Crippen LogP contribution is -2.21. The maximum absolute atomic E-state index is 11.1. The van der Waals surface area contributed by atoms with Gasteiger partial charge in [0.15, 0.2) is 0 Å². The molecule has 0 radical (unpaired) electrons. The normalized spacial score (nSPS) is 12.6. The summed E-state index contributed by atoms with van der Waals surface area (Å²) in [5.41, 5.74) is -0.752. The van der Waals surface area contributed by atoms with Crippen LogP contribution in [0.15, 0.2) is 9.59 Å². The zero-order valence-corrected chi connectivity index (χ0v) is 11.4. The molecule has 0 fully saturated rings. The highest BCUT2D eigenvalue weighted by Crippen LogP contribution is 2.33. The molecule has 9 nitrogen and oxygen atoms in total. The second-order valence-corrected chi connectivity index (χ2v) is 7.76. The first-order chi connectivity index (χ1) is 8.02. The Morgan fingerprint density at radius 2 is 2.00 bits per heavy atom. The second kappa shape index (κ2) is 4.89. The lowest BCUT2D eigenvalue weighted by Gasteiger charge is -2.00. The molecule has 0 unspecified atom stereocenters. The molecule has 102 valence electrons. The van der Waals surface area contributed by atoms with Crippen LogP contribution in [0.25, 0.3) is 0 Å². The monoisotopic (exact) mass is 315 g/mol. The van der Waals surface area contributed by atoms with Crippen LogP contribution in [-0.4, -0.2) is 28.0 Å². The predicted molar refractivity (Wildman–Crippen MR) is 64.0 cm³/mol. The molecule has 0 aromatic carbocycles. The van der Waals surface area contributed by atoms with Crippen LogP contribution < -0.4 is 9.86 Å². The number of thiophene rings is 1. The van der Waals surface area contributed by atoms with Crippen LogP contribution in [0, 0.1) is 10.1 Å². The Kier molecular flexibility index (Phi) is 4.07. The largest absolute Gasteiger partial charge is 0.304 e. The van der Waals surface area contributed by atoms with E-state index in [-0.39, 0.29) is 12.1 Å². The summed E-state index contributed by atoms with van der Waals surface area (Å²) in [4.78, 5) is 9.88. The third kappa shape index (κ3) is 3.71. The highest BCUT2D eigenvalue weighted by molar-refractivity contribution is 7.91. The van der Waals surface area contributed by atoms with Crippen LogP contribution in [0.3, 0.4) is 0 Å². The highest BCUT2D eigenvalue weighted by atomic mass is 32.2. The van der Waals surface area contributed by atoms with Gasteiger partial charge in [0.05, 0.1) is 16.7 Å². The van der Waals surface area contributed by atoms with E-state index in [4.69, 9.17) is 5.14 Å². The number of nitrogens with two attached hydrogens (primary N) is 1. The summed E-state index contributed by atoms with van der Waals surface area (Å²) in [6, 6.07) is 0. The minimum atomic E-state index is -4.21. The van der Waals surface area contributed by atoms with E-state index >= 15 is 0 Å². The van der Waals surface area contributed by atoms with Crippen LogP contribution in [0.5, 0.6) is 0 Å². The van der Waals surface area contributed by atoms with E-state index in [1.165, 1.54) is 5.38 Å². The minimum Gasteiger partial charge on any atom is -0.258 e. The molecule has 0 aliphatic carbocycles. The van der Waals surface area contributed by atoms with Gasteiger partial charge in [-0.3, -0.25) is 10.1 Å². The number of rotatable bonds is 5. The molecule has 0 atom stereocenters. The van der Waals surface area contributed by atoms with Gasteiger partial charge in [0, 0.05) is 11.9 Å². The number of primary sulfonamides is 1. The summed E-state index contributed by atoms with van der Waals surface area (Å²) in [5, 5.41) is 16.8. The Morgan fingerprint density at radius 3 is 2.39 bits per heavy atom. The van der Waals surface area contributed by atoms with E-state index in [1.54, 1.807) is 0 Å². The Morgan fingerprint density at radius 1 is 1.44 bits per heavy atom. The van der Waals surface area contributed by atoms with Gasteiger partial charge in [-0.1, -0.05) is 0 Å². The molecule has 12 heteroatoms. The van der Waals surface area contributed by atoms with Crippen LogP contribution in [-0.2, 0) is 26.6 Å². The van der Waals surface area contributed by atoms with Crippen molar-refractivity contribution in [3.05, 3.63) is 21.1 Å². The van der Waals surface area contributed by atoms with Crippen molar-refractivity contribution in [2.24, 2.45) is 5.14 Å². The molecule has 0 saturated heterocycles. The number of hydrogen-bond donors (Lipinski definition) is 2. The Labute approximate surface area is 107 Å². The molecule has 0 amide bonds. The molecule has 0 aliphatic rings. The third-order valence-corrected chi connectivity index (χ3v) is 4.95. The zero-order chi connectivity index (χ0) is 14.1. The fraction of sp³-hybridized carbons (Fsp3) is 0.333. The van der Waals surface area contributed by atoms with Crippen molar-refractivity contribution < 1.29 is 21.8 Å². The van der Waals surface area contributed by atoms with E-state index in [2.05, 4.69) is 0 Å². The first-order valence-corrected chi connectivity index (χ1v) is 8.56. The molecule has 18 heavy (non-hydrogen) atoms. The van der Waals surface area contributed by atoms with Gasteiger partial charge >= 0.3 is 5.69 Å². The van der Waals surface area contributed by atoms with Crippen LogP contribution in [0.2, 0.25) is 0 Å². The Bertz CT molecular complexity index is 673. The van der Waals surface area contributed by atoms with E-state index in [0.717, 1.165) is 6.26 Å². The maximum atomic E-state index is 11.1. The molecule has 0 saturated carbocycles. The van der Waals surface area contributed by atoms with Gasteiger partial charge in [-0.15, -0.1) is 11.3 Å². The van der Waals surface area contributed by atoms with Crippen molar-refractivity contribution in [2.45, 2.75) is 10.8 Å². The van der Waals surface area contributed by atoms with Crippen molar-refractivity contribution in [1.82, 2.24) is 4.72 Å². The molecular formula is C6H9N3O6S3. The number of hydrogen-bond acceptors (Lipinski definition) is 7. The molecule has 1 rings (SSSR count). The number of nitro groups is 1. The highest BCUT2D eigenvalue weighted by Gasteiger charge is 2.29. The molecular weight excluding hydrogens is 306 g/mol. The molecule has 0 bridgehead atoms. The summed E-state index contributed by atoms with van der Waals surface area (Å²) in [6.45, 7) is -0.374. The minimum absolute atomic E-state index is 0.0561. The van der Waals surface area contributed by atoms with Crippen LogP contribution in [0.1, 0.15) is 5.56 Å². The first kappa shape index (κ1) is 15.0. The van der Waals surface area contributed by atoms with Crippen LogP contribution >= 0.6 is 11.3 Å². The Balaban J connectivity index is 3.23. The van der Waals surface area contributed by atoms with E-state index < -0.39 is 34.9 Å². The standard InChI is InChI=1S/C6H9N3O6S3/c1-17(12,13)8-2-4-3-16-6(18(7,14)15)5(4)9(10)11/h3,8H,2H2,1H3,(H2,7,14,15). The number of sulfonamides is 2. The quantitative estimate of drug-likeness (QED) is 0.544. The van der Waals surface area contributed by atoms with E-state index in [0.29, 0.717) is 11.3 Å². The van der Waals surface area contributed by atoms with E-state index in [9.17, 15) is 26.9 Å². The zero-order valence-electron chi connectivity index (χ0n) is 8.98. The SMILES string of the molecule is CS(=O)(=O)NCc1csc(S(N)(=O)=O)c1[N+](=O)[O-]. The average Bonchev–Trinajstić information content (AvgIpc) is 2.55. The second-order valence-electron chi connectivity index (χ2n) is 3.29. The summed E-state index contributed by atoms with van der Waals surface area (Å²) < 4.78 is 45.4. The molecule has 3 N–H and O–H groups in total. The first-order valence-electron chi connectivity index (χ1n) is 4.24. The molecule has 1 heterocycles. The Hall–Kier alpha value is -1.08. The number of nitrogens with zero attached hydrogens (tertiary/aromatic N) is 1. The van der Waals surface area contributed by atoms with Crippen molar-refractivity contribution in [1.29, 1.82) is 0 Å². The molecule has 0 aliphatic heterocycles. The van der Waals surface area contributed by atoms with Gasteiger partial charge in [-0.2, -0.15) is 0 Å². The van der Waals surface area contributed by atoms with Gasteiger partial charge in [0.2, 0.25) is 14.2 Å². The lowest BCUT2D eigenvalue weighted by atomic mass is 10.3. The van der Waals surface area contributed by atoms with E-state index in [1.807, 2.05) is 4.72 Å². The maximum Gasteiger partial charge on any atom is 0.304 e. The molecule has 1 aromatic rings. The fourth-order valence-corrected chi connectivity index (χ4v) is 3.43. The van der Waals surface area contributed by atoms with Crippen LogP contribution in [0.4, 0.5) is 5.69 Å². The van der Waals surface area contributed by atoms with Crippen molar-refractivity contribution in [2.75, 3.05) is 6.26 Å². The number of nitrogens with one attached hydrogen (secondary N) is 1. The predicted octanol–water partition coefficient (Wildman–Crippen LogP) is -0.647. The topological polar surface area (TPSA) is 149 Å². The lowest BCUT2D eigenvalue weighted by molar-refractivity contribution is -0.387. The summed E-state index contributed by atoms with van der Waals surface area (Å²) in [7, 11) is -7.75. The smallest absolute Gasteiger partial charge is 0.258 e.